The van der Waals surface area contributed by atoms with Gasteiger partial charge >= 0.3 is 0 Å². The number of halogens is 1. The van der Waals surface area contributed by atoms with Crippen molar-refractivity contribution in [1.82, 2.24) is 0 Å². The highest BCUT2D eigenvalue weighted by molar-refractivity contribution is 6.25. The van der Waals surface area contributed by atoms with Gasteiger partial charge in [-0.05, 0) is 30.2 Å². The van der Waals surface area contributed by atoms with E-state index in [1.165, 1.54) is 5.54 Å². The van der Waals surface area contributed by atoms with Gasteiger partial charge in [0.1, 0.15) is 12.4 Å². The Morgan fingerprint density at radius 1 is 1.57 bits per heavy atom. The van der Waals surface area contributed by atoms with Crippen LogP contribution in [0.4, 0.5) is 0 Å². The quantitative estimate of drug-likeness (QED) is 0.832. The van der Waals surface area contributed by atoms with E-state index in [4.69, 9.17) is 21.4 Å². The van der Waals surface area contributed by atoms with Gasteiger partial charge in [-0.2, -0.15) is 0 Å². The summed E-state index contributed by atoms with van der Waals surface area (Å²) in [6.07, 6.45) is 0. The number of aliphatic hydroxyl groups excluding tert-OH is 1. The van der Waals surface area contributed by atoms with E-state index in [1.54, 1.807) is 0 Å². The molecular formula is C11H13ClO2. The molecule has 0 fully saturated rings. The van der Waals surface area contributed by atoms with E-state index in [2.05, 4.69) is 0 Å². The van der Waals surface area contributed by atoms with E-state index >= 15 is 0 Å². The van der Waals surface area contributed by atoms with Crippen LogP contribution in [0, 0.1) is 0 Å². The summed E-state index contributed by atoms with van der Waals surface area (Å²) < 4.78 is 5.44. The third-order valence-corrected chi connectivity index (χ3v) is 2.11. The molecule has 0 amide bonds. The Morgan fingerprint density at radius 2 is 2.36 bits per heavy atom. The van der Waals surface area contributed by atoms with Gasteiger partial charge in [0.15, 0.2) is 0 Å². The molecule has 1 aromatic rings. The van der Waals surface area contributed by atoms with Gasteiger partial charge < -0.3 is 9.84 Å². The molecule has 0 bridgehead atoms. The zero-order valence-electron chi connectivity index (χ0n) is 8.03. The number of hydrogen-bond acceptors (Lipinski definition) is 2. The molecule has 0 unspecified atom stereocenters. The van der Waals surface area contributed by atoms with Crippen molar-refractivity contribution in [2.75, 3.05) is 6.61 Å². The number of benzene rings is 1. The first-order valence-electron chi connectivity index (χ1n) is 4.34. The minimum atomic E-state index is 0.0293. The van der Waals surface area contributed by atoms with Crippen molar-refractivity contribution >= 4 is 11.6 Å². The summed E-state index contributed by atoms with van der Waals surface area (Å²) in [6.45, 7) is 2.39. The lowest BCUT2D eigenvalue weighted by atomic mass is 10.2. The zero-order valence-corrected chi connectivity index (χ0v) is 8.79. The summed E-state index contributed by atoms with van der Waals surface area (Å²) in [5.74, 6) is 0.745. The van der Waals surface area contributed by atoms with E-state index in [0.29, 0.717) is 6.61 Å². The van der Waals surface area contributed by atoms with E-state index in [-0.39, 0.29) is 6.61 Å². The second-order valence-corrected chi connectivity index (χ2v) is 3.27. The van der Waals surface area contributed by atoms with Crippen LogP contribution in [0.15, 0.2) is 35.4 Å². The maximum Gasteiger partial charge on any atom is 0.120 e. The molecular weight excluding hydrogens is 200 g/mol. The van der Waals surface area contributed by atoms with Crippen LogP contribution in [0.3, 0.4) is 0 Å². The van der Waals surface area contributed by atoms with E-state index in [9.17, 15) is 0 Å². The summed E-state index contributed by atoms with van der Waals surface area (Å²) in [7, 11) is 0. The van der Waals surface area contributed by atoms with Gasteiger partial charge in [-0.25, -0.2) is 0 Å². The lowest BCUT2D eigenvalue weighted by Gasteiger charge is -2.06. The number of aliphatic hydroxyl groups is 1. The highest BCUT2D eigenvalue weighted by Gasteiger charge is 1.96. The van der Waals surface area contributed by atoms with Crippen LogP contribution < -0.4 is 4.74 Å². The summed E-state index contributed by atoms with van der Waals surface area (Å²) in [4.78, 5) is 0. The molecule has 3 heteroatoms. The van der Waals surface area contributed by atoms with Crippen molar-refractivity contribution < 1.29 is 9.84 Å². The third-order valence-electron chi connectivity index (χ3n) is 1.73. The normalized spacial score (nSPS) is 11.5. The van der Waals surface area contributed by atoms with Crippen molar-refractivity contribution in [2.45, 2.75) is 13.5 Å². The summed E-state index contributed by atoms with van der Waals surface area (Å²) in [5, 5.41) is 8.90. The molecule has 0 aliphatic carbocycles. The Kier molecular flexibility index (Phi) is 4.50. The maximum absolute atomic E-state index is 8.90. The Hall–Kier alpha value is -0.990. The van der Waals surface area contributed by atoms with Gasteiger partial charge in [0.25, 0.3) is 0 Å². The molecule has 0 aliphatic rings. The van der Waals surface area contributed by atoms with Gasteiger partial charge in [-0.3, -0.25) is 0 Å². The van der Waals surface area contributed by atoms with Gasteiger partial charge in [0, 0.05) is 5.54 Å². The number of hydrogen-bond donors (Lipinski definition) is 1. The van der Waals surface area contributed by atoms with Gasteiger partial charge in [-0.15, -0.1) is 0 Å². The molecule has 1 aromatic carbocycles. The summed E-state index contributed by atoms with van der Waals surface area (Å²) in [6, 6.07) is 7.35. The molecule has 1 rings (SSSR count). The zero-order chi connectivity index (χ0) is 10.4. The topological polar surface area (TPSA) is 29.5 Å². The number of ether oxygens (including phenoxy) is 1. The van der Waals surface area contributed by atoms with Crippen molar-refractivity contribution in [1.29, 1.82) is 0 Å². The van der Waals surface area contributed by atoms with Crippen molar-refractivity contribution in [3.8, 4) is 5.75 Å². The molecule has 0 aliphatic heterocycles. The first kappa shape index (κ1) is 11.1. The molecule has 0 saturated carbocycles. The van der Waals surface area contributed by atoms with Crippen LogP contribution in [-0.2, 0) is 6.61 Å². The maximum atomic E-state index is 8.90. The molecule has 0 saturated heterocycles. The Labute approximate surface area is 88.8 Å². The first-order valence-corrected chi connectivity index (χ1v) is 4.78. The fourth-order valence-electron chi connectivity index (χ4n) is 0.962. The SMILES string of the molecule is C/C(=C/Cl)COc1cccc(CO)c1. The molecule has 0 spiro atoms. The lowest BCUT2D eigenvalue weighted by Crippen LogP contribution is -1.98. The van der Waals surface area contributed by atoms with E-state index in [0.717, 1.165) is 16.9 Å². The minimum absolute atomic E-state index is 0.0293. The number of rotatable bonds is 4. The van der Waals surface area contributed by atoms with Crippen molar-refractivity contribution in [2.24, 2.45) is 0 Å². The van der Waals surface area contributed by atoms with Crippen LogP contribution >= 0.6 is 11.6 Å². The van der Waals surface area contributed by atoms with Gasteiger partial charge in [0.2, 0.25) is 0 Å². The predicted molar refractivity (Wildman–Crippen MR) is 57.5 cm³/mol. The van der Waals surface area contributed by atoms with Gasteiger partial charge in [0.05, 0.1) is 6.61 Å². The fourth-order valence-corrected chi connectivity index (χ4v) is 1.03. The largest absolute Gasteiger partial charge is 0.489 e. The second-order valence-electron chi connectivity index (χ2n) is 3.05. The Morgan fingerprint density at radius 3 is 3.00 bits per heavy atom. The Balaban J connectivity index is 2.58. The molecule has 76 valence electrons. The highest BCUT2D eigenvalue weighted by atomic mass is 35.5. The van der Waals surface area contributed by atoms with Crippen molar-refractivity contribution in [3.05, 3.63) is 40.9 Å². The predicted octanol–water partition coefficient (Wildman–Crippen LogP) is 2.70. The lowest BCUT2D eigenvalue weighted by molar-refractivity contribution is 0.280. The summed E-state index contributed by atoms with van der Waals surface area (Å²) >= 11 is 5.49. The van der Waals surface area contributed by atoms with Crippen LogP contribution in [0.1, 0.15) is 12.5 Å². The first-order chi connectivity index (χ1) is 6.76. The molecule has 0 atom stereocenters. The third kappa shape index (κ3) is 3.40. The smallest absolute Gasteiger partial charge is 0.120 e. The molecule has 1 N–H and O–H groups in total. The van der Waals surface area contributed by atoms with Crippen LogP contribution in [0.2, 0.25) is 0 Å². The standard InChI is InChI=1S/C11H13ClO2/c1-9(6-12)8-14-11-4-2-3-10(5-11)7-13/h2-6,13H,7-8H2,1H3/b9-6-. The second kappa shape index (κ2) is 5.68. The molecule has 0 heterocycles. The summed E-state index contributed by atoms with van der Waals surface area (Å²) in [5.41, 5.74) is 3.30. The monoisotopic (exact) mass is 212 g/mol. The minimum Gasteiger partial charge on any atom is -0.489 e. The van der Waals surface area contributed by atoms with E-state index in [1.807, 2.05) is 31.2 Å². The van der Waals surface area contributed by atoms with Crippen molar-refractivity contribution in [3.63, 3.8) is 0 Å². The molecule has 2 nitrogen and oxygen atoms in total. The van der Waals surface area contributed by atoms with Crippen LogP contribution in [0.25, 0.3) is 0 Å². The van der Waals surface area contributed by atoms with E-state index < -0.39 is 0 Å². The molecule has 0 aromatic heterocycles. The van der Waals surface area contributed by atoms with Crippen LogP contribution in [0.5, 0.6) is 5.75 Å². The average molecular weight is 213 g/mol. The van der Waals surface area contributed by atoms with Crippen LogP contribution in [-0.4, -0.2) is 11.7 Å². The molecule has 14 heavy (non-hydrogen) atoms. The van der Waals surface area contributed by atoms with Gasteiger partial charge in [-0.1, -0.05) is 23.7 Å². The highest BCUT2D eigenvalue weighted by Crippen LogP contribution is 2.14. The molecule has 0 radical (unpaired) electrons. The fraction of sp³-hybridized carbons (Fsp3) is 0.273. The average Bonchev–Trinajstić information content (AvgIpc) is 2.26. The Bertz CT molecular complexity index is 321.